The molecule has 0 unspecified atom stereocenters. The molecule has 0 aliphatic carbocycles. The first-order valence-corrected chi connectivity index (χ1v) is 17.9. The molecule has 0 fully saturated rings. The number of nitrogens with one attached hydrogen (secondary N) is 2. The predicted molar refractivity (Wildman–Crippen MR) is 201 cm³/mol. The molecule has 0 atom stereocenters. The number of hydrogen-bond donors (Lipinski definition) is 3. The van der Waals surface area contributed by atoms with Crippen LogP contribution >= 0.6 is 35.6 Å². The summed E-state index contributed by atoms with van der Waals surface area (Å²) in [7, 11) is 0. The second-order valence-corrected chi connectivity index (χ2v) is 11.8. The molecule has 0 amide bonds. The van der Waals surface area contributed by atoms with Crippen LogP contribution in [0.1, 0.15) is 101 Å². The van der Waals surface area contributed by atoms with Crippen molar-refractivity contribution in [3.8, 4) is 0 Å². The van der Waals surface area contributed by atoms with Crippen LogP contribution in [0.5, 0.6) is 0 Å². The normalized spacial score (nSPS) is 10.5. The van der Waals surface area contributed by atoms with Crippen molar-refractivity contribution in [3.63, 3.8) is 0 Å². The minimum absolute atomic E-state index is 0.581. The van der Waals surface area contributed by atoms with Crippen LogP contribution in [-0.4, -0.2) is 36.5 Å². The molecule has 0 saturated carbocycles. The minimum atomic E-state index is 0.581. The van der Waals surface area contributed by atoms with Gasteiger partial charge >= 0.3 is 0 Å². The SMILES string of the molecule is C=Cc1ccc(CCl)cc1.C=Cc1ccc(CSC(=NCCCC)[NH2+]CCCC)cc1.CCCCNC(=S)NCCCC. The molecule has 240 valence electrons. The Morgan fingerprint density at radius 1 is 0.791 bits per heavy atom. The lowest BCUT2D eigenvalue weighted by atomic mass is 10.1. The highest BCUT2D eigenvalue weighted by atomic mass is 35.5. The smallest absolute Gasteiger partial charge is 0.256 e. The number of rotatable bonds is 17. The van der Waals surface area contributed by atoms with Crippen LogP contribution in [0.4, 0.5) is 0 Å². The third-order valence-corrected chi connectivity index (χ3v) is 7.93. The number of benzene rings is 2. The predicted octanol–water partition coefficient (Wildman–Crippen LogP) is 9.20. The van der Waals surface area contributed by atoms with Gasteiger partial charge in [-0.25, -0.2) is 4.99 Å². The number of halogens is 1. The quantitative estimate of drug-likeness (QED) is 0.0528. The molecular weight excluding hydrogens is 588 g/mol. The Kier molecular flexibility index (Phi) is 28.5. The van der Waals surface area contributed by atoms with Crippen molar-refractivity contribution >= 4 is 58.0 Å². The summed E-state index contributed by atoms with van der Waals surface area (Å²) in [6.45, 7) is 20.3. The van der Waals surface area contributed by atoms with Gasteiger partial charge in [0.2, 0.25) is 0 Å². The molecule has 7 heteroatoms. The van der Waals surface area contributed by atoms with E-state index >= 15 is 0 Å². The van der Waals surface area contributed by atoms with E-state index in [1.807, 2.05) is 48.2 Å². The fraction of sp³-hybridized carbons (Fsp3) is 0.500. The molecule has 0 bridgehead atoms. The first-order valence-electron chi connectivity index (χ1n) is 16.0. The lowest BCUT2D eigenvalue weighted by Crippen LogP contribution is -2.87. The minimum Gasteiger partial charge on any atom is -0.363 e. The van der Waals surface area contributed by atoms with Crippen LogP contribution < -0.4 is 16.0 Å². The van der Waals surface area contributed by atoms with Crippen LogP contribution in [-0.2, 0) is 11.6 Å². The molecule has 0 radical (unpaired) electrons. The maximum Gasteiger partial charge on any atom is 0.256 e. The molecule has 0 saturated heterocycles. The van der Waals surface area contributed by atoms with Gasteiger partial charge in [0.1, 0.15) is 0 Å². The van der Waals surface area contributed by atoms with E-state index in [1.54, 1.807) is 0 Å². The van der Waals surface area contributed by atoms with Gasteiger partial charge in [-0.05, 0) is 71.9 Å². The van der Waals surface area contributed by atoms with Crippen LogP contribution in [0.15, 0.2) is 66.7 Å². The molecule has 43 heavy (non-hydrogen) atoms. The summed E-state index contributed by atoms with van der Waals surface area (Å²) < 4.78 is 0. The van der Waals surface area contributed by atoms with E-state index in [9.17, 15) is 0 Å². The first kappa shape index (κ1) is 40.9. The fourth-order valence-corrected chi connectivity index (χ4v) is 4.72. The number of unbranched alkanes of at least 4 members (excludes halogenated alkanes) is 4. The van der Waals surface area contributed by atoms with Crippen molar-refractivity contribution in [1.82, 2.24) is 10.6 Å². The van der Waals surface area contributed by atoms with Crippen molar-refractivity contribution < 1.29 is 5.32 Å². The zero-order chi connectivity index (χ0) is 32.0. The molecule has 2 aromatic carbocycles. The fourth-order valence-electron chi connectivity index (χ4n) is 3.42. The van der Waals surface area contributed by atoms with Crippen molar-refractivity contribution in [2.24, 2.45) is 4.99 Å². The van der Waals surface area contributed by atoms with Gasteiger partial charge < -0.3 is 10.6 Å². The standard InChI is InChI=1S/C18H28N2S.C9H9Cl.C9H20N2S/c1-4-7-13-19-18(20-14-8-5-2)21-15-17-11-9-16(6-3)10-12-17;1-2-8-3-5-9(7-10)6-4-8;1-3-5-7-10-9(12)11-8-6-4-2/h6,9-12H,3-5,7-8,13-15H2,1-2H3,(H,19,20);2-6H,1,7H2;3-8H2,1-2H3,(H2,10,11,12)/p+1. The molecule has 0 aromatic heterocycles. The highest BCUT2D eigenvalue weighted by Gasteiger charge is 2.05. The third kappa shape index (κ3) is 24.0. The summed E-state index contributed by atoms with van der Waals surface area (Å²) in [6.07, 6.45) is 13.4. The molecule has 2 rings (SSSR count). The Bertz CT molecular complexity index is 979. The zero-order valence-electron chi connectivity index (χ0n) is 27.3. The molecule has 4 nitrogen and oxygen atoms in total. The number of aliphatic imine (C=N–C) groups is 1. The second kappa shape index (κ2) is 29.9. The topological polar surface area (TPSA) is 53.0 Å². The Labute approximate surface area is 278 Å². The number of alkyl halides is 1. The summed E-state index contributed by atoms with van der Waals surface area (Å²) in [4.78, 5) is 4.74. The van der Waals surface area contributed by atoms with Crippen LogP contribution in [0, 0.1) is 0 Å². The van der Waals surface area contributed by atoms with E-state index in [4.69, 9.17) is 28.8 Å². The number of thioether (sulfide) groups is 1. The van der Waals surface area contributed by atoms with Crippen molar-refractivity contribution in [1.29, 1.82) is 0 Å². The van der Waals surface area contributed by atoms with Gasteiger partial charge in [-0.2, -0.15) is 0 Å². The molecule has 0 spiro atoms. The van der Waals surface area contributed by atoms with Gasteiger partial charge in [-0.15, -0.1) is 11.6 Å². The van der Waals surface area contributed by atoms with Gasteiger partial charge in [0.05, 0.1) is 6.54 Å². The lowest BCUT2D eigenvalue weighted by molar-refractivity contribution is -0.534. The summed E-state index contributed by atoms with van der Waals surface area (Å²) >= 11 is 12.5. The summed E-state index contributed by atoms with van der Waals surface area (Å²) in [6, 6.07) is 16.6. The highest BCUT2D eigenvalue weighted by Crippen LogP contribution is 2.13. The number of nitrogens with zero attached hydrogens (tertiary/aromatic N) is 1. The van der Waals surface area contributed by atoms with Crippen LogP contribution in [0.2, 0.25) is 0 Å². The van der Waals surface area contributed by atoms with E-state index in [2.05, 4.69) is 81.1 Å². The van der Waals surface area contributed by atoms with E-state index in [0.29, 0.717) is 5.88 Å². The highest BCUT2D eigenvalue weighted by molar-refractivity contribution is 8.12. The van der Waals surface area contributed by atoms with Crippen molar-refractivity contribution in [3.05, 3.63) is 83.9 Å². The summed E-state index contributed by atoms with van der Waals surface area (Å²) in [5, 5.41) is 10.6. The number of hydrogen-bond acceptors (Lipinski definition) is 3. The van der Waals surface area contributed by atoms with E-state index in [1.165, 1.54) is 67.7 Å². The van der Waals surface area contributed by atoms with Crippen LogP contribution in [0.25, 0.3) is 12.2 Å². The Morgan fingerprint density at radius 2 is 1.28 bits per heavy atom. The van der Waals surface area contributed by atoms with Crippen molar-refractivity contribution in [2.75, 3.05) is 26.2 Å². The van der Waals surface area contributed by atoms with E-state index in [0.717, 1.165) is 48.2 Å². The van der Waals surface area contributed by atoms with Gasteiger partial charge in [-0.3, -0.25) is 5.32 Å². The van der Waals surface area contributed by atoms with Gasteiger partial charge in [-0.1, -0.05) is 127 Å². The molecule has 2 aromatic rings. The number of quaternary nitrogens is 1. The third-order valence-electron chi connectivity index (χ3n) is 6.26. The second-order valence-electron chi connectivity index (χ2n) is 10.1. The molecule has 4 N–H and O–H groups in total. The Morgan fingerprint density at radius 3 is 1.72 bits per heavy atom. The summed E-state index contributed by atoms with van der Waals surface area (Å²) in [5.41, 5.74) is 4.80. The monoisotopic (exact) mass is 645 g/mol. The molecule has 0 aliphatic rings. The maximum absolute atomic E-state index is 5.60. The molecule has 0 aliphatic heterocycles. The number of amidine groups is 1. The van der Waals surface area contributed by atoms with Gasteiger partial charge in [0.15, 0.2) is 5.11 Å². The molecular formula is C36H58ClN4S2+. The van der Waals surface area contributed by atoms with E-state index < -0.39 is 0 Å². The Balaban J connectivity index is 0.000000677. The van der Waals surface area contributed by atoms with Crippen molar-refractivity contribution in [2.45, 2.75) is 90.7 Å². The molecule has 0 heterocycles. The van der Waals surface area contributed by atoms with Crippen LogP contribution in [0.3, 0.4) is 0 Å². The number of nitrogens with two attached hydrogens (primary N) is 1. The average Bonchev–Trinajstić information content (AvgIpc) is 3.04. The van der Waals surface area contributed by atoms with E-state index in [-0.39, 0.29) is 0 Å². The van der Waals surface area contributed by atoms with Gasteiger partial charge in [0, 0.05) is 31.3 Å². The Hall–Kier alpha value is -2.12. The average molecular weight is 646 g/mol. The first-order chi connectivity index (χ1) is 21.0. The lowest BCUT2D eigenvalue weighted by Gasteiger charge is -2.08. The van der Waals surface area contributed by atoms with Gasteiger partial charge in [0.25, 0.3) is 5.17 Å². The summed E-state index contributed by atoms with van der Waals surface area (Å²) in [5.74, 6) is 1.57. The number of thiocarbonyl (C=S) groups is 1. The maximum atomic E-state index is 5.60. The largest absolute Gasteiger partial charge is 0.363 e. The zero-order valence-corrected chi connectivity index (χ0v) is 29.7.